The molecule has 0 aliphatic carbocycles. The van der Waals surface area contributed by atoms with Gasteiger partial charge >= 0.3 is 0 Å². The van der Waals surface area contributed by atoms with Crippen LogP contribution in [0, 0.1) is 0 Å². The van der Waals surface area contributed by atoms with Crippen molar-refractivity contribution in [2.45, 2.75) is 0 Å². The molecule has 0 fully saturated rings. The lowest BCUT2D eigenvalue weighted by molar-refractivity contribution is 1.18. The van der Waals surface area contributed by atoms with Gasteiger partial charge in [0.1, 0.15) is 11.0 Å². The first-order chi connectivity index (χ1) is 68.4. The molecule has 0 spiro atoms. The quantitative estimate of drug-likeness (QED) is 0.0913. The molecule has 22 aromatic carbocycles. The summed E-state index contributed by atoms with van der Waals surface area (Å²) in [6.07, 6.45) is 0. The lowest BCUT2D eigenvalue weighted by Crippen LogP contribution is -2.10. The molecule has 0 radical (unpaired) electrons. The van der Waals surface area contributed by atoms with Gasteiger partial charge in [-0.1, -0.05) is 352 Å². The zero-order chi connectivity index (χ0) is 90.8. The van der Waals surface area contributed by atoms with E-state index in [1.165, 1.54) is 127 Å². The van der Waals surface area contributed by atoms with E-state index in [4.69, 9.17) is 8.75 Å². The predicted octanol–water partition coefficient (Wildman–Crippen LogP) is 35.4. The zero-order valence-electron chi connectivity index (χ0n) is 75.0. The number of fused-ring (bicyclic) bond motifs is 15. The molecule has 0 amide bonds. The van der Waals surface area contributed by atoms with Gasteiger partial charge in [-0.05, 0) is 268 Å². The van der Waals surface area contributed by atoms with Crippen LogP contribution in [-0.2, 0) is 0 Å². The van der Waals surface area contributed by atoms with Gasteiger partial charge in [-0.25, -0.2) is 0 Å². The molecule has 27 rings (SSSR count). The summed E-state index contributed by atoms with van der Waals surface area (Å²) in [7, 11) is 0. The fourth-order valence-corrected chi connectivity index (χ4v) is 22.1. The Bertz CT molecular complexity index is 9110. The van der Waals surface area contributed by atoms with Crippen molar-refractivity contribution in [2.24, 2.45) is 0 Å². The smallest absolute Gasteiger partial charge is 0.129 e. The van der Waals surface area contributed by atoms with Gasteiger partial charge in [0.15, 0.2) is 0 Å². The molecule has 5 aromatic heterocycles. The van der Waals surface area contributed by atoms with Crippen LogP contribution in [0.5, 0.6) is 0 Å². The number of benzene rings is 22. The average molecular weight is 1780 g/mol. The van der Waals surface area contributed by atoms with Crippen molar-refractivity contribution in [2.75, 3.05) is 4.90 Å². The van der Waals surface area contributed by atoms with Gasteiger partial charge in [0.25, 0.3) is 0 Å². The molecule has 0 N–H and O–H groups in total. The Morgan fingerprint density at radius 1 is 0.167 bits per heavy atom. The average Bonchev–Trinajstić information content (AvgIpc) is 1.54. The minimum absolute atomic E-state index is 0.825. The maximum atomic E-state index is 5.20. The second-order valence-electron chi connectivity index (χ2n) is 36.0. The van der Waals surface area contributed by atoms with E-state index in [0.29, 0.717) is 0 Å². The van der Waals surface area contributed by atoms with Crippen molar-refractivity contribution in [1.82, 2.24) is 27.0 Å². The van der Waals surface area contributed by atoms with Gasteiger partial charge in [-0.3, -0.25) is 0 Å². The maximum absolute atomic E-state index is 5.20. The molecule has 138 heavy (non-hydrogen) atoms. The van der Waals surface area contributed by atoms with Crippen molar-refractivity contribution in [3.8, 4) is 134 Å². The summed E-state index contributed by atoms with van der Waals surface area (Å²) in [5, 5.41) is 12.2. The summed E-state index contributed by atoms with van der Waals surface area (Å²) in [6, 6.07) is 185. The lowest BCUT2D eigenvalue weighted by atomic mass is 9.97. The highest BCUT2D eigenvalue weighted by molar-refractivity contribution is 7.00. The molecule has 644 valence electrons. The molecular formula is C130H83N7S. The molecule has 8 heteroatoms. The number of hydrogen-bond acceptors (Lipinski definition) is 4. The van der Waals surface area contributed by atoms with Crippen LogP contribution >= 0.6 is 11.7 Å². The van der Waals surface area contributed by atoms with Gasteiger partial charge in [0.05, 0.1) is 61.5 Å². The van der Waals surface area contributed by atoms with E-state index in [2.05, 4.69) is 527 Å². The van der Waals surface area contributed by atoms with Crippen molar-refractivity contribution in [3.05, 3.63) is 504 Å². The molecule has 5 heterocycles. The van der Waals surface area contributed by atoms with Crippen molar-refractivity contribution in [1.29, 1.82) is 0 Å². The molecule has 27 aromatic rings. The topological polar surface area (TPSA) is 48.7 Å². The largest absolute Gasteiger partial charge is 0.309 e. The third-order valence-corrected chi connectivity index (χ3v) is 28.9. The Kier molecular flexibility index (Phi) is 19.0. The molecule has 0 bridgehead atoms. The van der Waals surface area contributed by atoms with E-state index in [-0.39, 0.29) is 0 Å². The second-order valence-corrected chi connectivity index (χ2v) is 36.6. The summed E-state index contributed by atoms with van der Waals surface area (Å²) in [5.74, 6) is 0. The SMILES string of the molecule is c1ccc(-c2ccc(N(c3ccc(-c4ccc5c(c4)c4c6ccccc6ccc4n5-c4ccc(-c5ccccc5)cc4)cc3)c3ccc(-c4ccc(-n5c6ccc(-c7ccc(-c8ccc9c%10ccccc%10n(-c%10ccc(-c%11ccccc%11)cc%10)c9c8)cc7)cc6c6cc(-c7ccc(-c8ccc9c%10ccccc%10n(-c%10ccc(-c%11ccccc%11)cc%10)c9c8)cc7)ccc65)cc4)c4nsnc34)cc2)cc1. The number of para-hydroxylation sites is 2. The van der Waals surface area contributed by atoms with Gasteiger partial charge in [-0.2, -0.15) is 8.75 Å². The van der Waals surface area contributed by atoms with Crippen LogP contribution in [0.2, 0.25) is 0 Å². The maximum Gasteiger partial charge on any atom is 0.129 e. The normalized spacial score (nSPS) is 11.8. The fraction of sp³-hybridized carbons (Fsp3) is 0. The first-order valence-electron chi connectivity index (χ1n) is 47.1. The minimum Gasteiger partial charge on any atom is -0.309 e. The number of hydrogen-bond donors (Lipinski definition) is 0. The molecule has 0 unspecified atom stereocenters. The Labute approximate surface area is 801 Å². The van der Waals surface area contributed by atoms with E-state index < -0.39 is 0 Å². The Hall–Kier alpha value is -18.1. The van der Waals surface area contributed by atoms with Crippen molar-refractivity contribution in [3.63, 3.8) is 0 Å². The fourth-order valence-electron chi connectivity index (χ4n) is 21.5. The first kappa shape index (κ1) is 79.6. The summed E-state index contributed by atoms with van der Waals surface area (Å²) in [4.78, 5) is 2.34. The standard InChI is InChI=1S/C130H83N7S/c1-5-19-84(20-6-1)88-41-59-104(60-42-88)133(105-61-49-96(50-62-105)101-58-76-123-118(81-101)128-110-28-14-13-27-97(110)55-77-124(128)135(123)107-63-43-89(44-64-107)85-21-7-2-8-22-85)125-78-73-111(129-130(125)132-138-131-129)98-51-69-106(70-52-98)134-121-74-56-99(92-33-37-94(38-34-92)102-53-71-114-112-29-15-17-31-119(112)136(126(114)82-102)108-65-45-90(46-66-108)86-23-9-3-10-24-86)79-116(121)117-80-100(57-75-122(117)134)93-35-39-95(40-36-93)103-54-72-115-113-30-16-18-32-120(113)137(127(115)83-103)109-67-47-91(48-68-109)87-25-11-4-12-26-87/h1-83H. The molecule has 0 aliphatic rings. The third-order valence-electron chi connectivity index (χ3n) is 28.3. The minimum atomic E-state index is 0.825. The lowest BCUT2D eigenvalue weighted by Gasteiger charge is -2.26. The molecular weight excluding hydrogens is 1690 g/mol. The zero-order valence-corrected chi connectivity index (χ0v) is 75.8. The van der Waals surface area contributed by atoms with E-state index in [9.17, 15) is 0 Å². The van der Waals surface area contributed by atoms with Crippen LogP contribution in [0.15, 0.2) is 504 Å². The van der Waals surface area contributed by atoms with E-state index >= 15 is 0 Å². The van der Waals surface area contributed by atoms with Crippen LogP contribution < -0.4 is 4.90 Å². The third kappa shape index (κ3) is 13.6. The summed E-state index contributed by atoms with van der Waals surface area (Å²) < 4.78 is 20.1. The van der Waals surface area contributed by atoms with Gasteiger partial charge in [0, 0.05) is 82.8 Å². The van der Waals surface area contributed by atoms with Crippen molar-refractivity contribution >= 4 is 138 Å². The van der Waals surface area contributed by atoms with E-state index in [1.807, 2.05) is 0 Å². The molecule has 0 saturated carbocycles. The van der Waals surface area contributed by atoms with Crippen LogP contribution in [-0.4, -0.2) is 27.0 Å². The monoisotopic (exact) mass is 1770 g/mol. The molecule has 0 aliphatic heterocycles. The number of nitrogens with zero attached hydrogens (tertiary/aromatic N) is 7. The van der Waals surface area contributed by atoms with Crippen LogP contribution in [0.3, 0.4) is 0 Å². The number of rotatable bonds is 17. The van der Waals surface area contributed by atoms with E-state index in [1.54, 1.807) is 0 Å². The molecule has 0 saturated heterocycles. The Balaban J connectivity index is 0.537. The Morgan fingerprint density at radius 3 is 0.862 bits per heavy atom. The second kappa shape index (κ2) is 33.0. The van der Waals surface area contributed by atoms with E-state index in [0.717, 1.165) is 145 Å². The molecule has 7 nitrogen and oxygen atoms in total. The number of anilines is 3. The summed E-state index contributed by atoms with van der Waals surface area (Å²) >= 11 is 1.25. The van der Waals surface area contributed by atoms with Gasteiger partial charge < -0.3 is 23.2 Å². The highest BCUT2D eigenvalue weighted by Gasteiger charge is 2.26. The Morgan fingerprint density at radius 2 is 0.442 bits per heavy atom. The van der Waals surface area contributed by atoms with Crippen LogP contribution in [0.1, 0.15) is 0 Å². The highest BCUT2D eigenvalue weighted by Crippen LogP contribution is 2.48. The van der Waals surface area contributed by atoms with Crippen molar-refractivity contribution < 1.29 is 0 Å². The summed E-state index contributed by atoms with van der Waals surface area (Å²) in [5.41, 5.74) is 41.3. The predicted molar refractivity (Wildman–Crippen MR) is 581 cm³/mol. The molecule has 0 atom stereocenters. The van der Waals surface area contributed by atoms with Gasteiger partial charge in [0.2, 0.25) is 0 Å². The van der Waals surface area contributed by atoms with Crippen LogP contribution in [0.4, 0.5) is 17.1 Å². The highest BCUT2D eigenvalue weighted by atomic mass is 32.1. The number of aromatic nitrogens is 6. The van der Waals surface area contributed by atoms with Crippen LogP contribution in [0.25, 0.3) is 243 Å². The summed E-state index contributed by atoms with van der Waals surface area (Å²) in [6.45, 7) is 0. The van der Waals surface area contributed by atoms with Gasteiger partial charge in [-0.15, -0.1) is 0 Å². The first-order valence-corrected chi connectivity index (χ1v) is 47.9.